The molecule has 0 aliphatic heterocycles. The molecule has 0 unspecified atom stereocenters. The van der Waals surface area contributed by atoms with Gasteiger partial charge in [-0.15, -0.1) is 0 Å². The van der Waals surface area contributed by atoms with E-state index >= 15 is 0 Å². The molecule has 1 aromatic rings. The number of sulfone groups is 1. The van der Waals surface area contributed by atoms with Crippen molar-refractivity contribution in [2.45, 2.75) is 17.7 Å². The molecular weight excluding hydrogens is 236 g/mol. The average Bonchev–Trinajstić information content (AvgIpc) is 2.29. The monoisotopic (exact) mass is 245 g/mol. The molecule has 0 atom stereocenters. The third-order valence-corrected chi connectivity index (χ3v) is 3.85. The van der Waals surface area contributed by atoms with Crippen LogP contribution in [0.5, 0.6) is 0 Å². The van der Waals surface area contributed by atoms with Crippen LogP contribution in [0.3, 0.4) is 0 Å². The van der Waals surface area contributed by atoms with Gasteiger partial charge in [0.05, 0.1) is 10.6 Å². The fraction of sp³-hybridized carbons (Fsp3) is 0.300. The molecule has 0 amide bonds. The van der Waals surface area contributed by atoms with Crippen molar-refractivity contribution in [2.75, 3.05) is 5.75 Å². The molecule has 0 spiro atoms. The van der Waals surface area contributed by atoms with Gasteiger partial charge in [-0.3, -0.25) is 0 Å². The zero-order valence-corrected chi connectivity index (χ0v) is 9.26. The molecule has 0 N–H and O–H groups in total. The van der Waals surface area contributed by atoms with Crippen molar-refractivity contribution in [1.82, 2.24) is 0 Å². The molecule has 0 aliphatic rings. The van der Waals surface area contributed by atoms with Crippen LogP contribution in [0.15, 0.2) is 29.2 Å². The highest BCUT2D eigenvalue weighted by Crippen LogP contribution is 2.27. The molecule has 0 bridgehead atoms. The summed E-state index contributed by atoms with van der Waals surface area (Å²) in [7, 11) is -3.39. The number of benzene rings is 1. The van der Waals surface area contributed by atoms with Crippen LogP contribution in [0.4, 0.5) is 8.78 Å². The summed E-state index contributed by atoms with van der Waals surface area (Å²) in [5, 5.41) is 8.20. The van der Waals surface area contributed by atoms with Crippen molar-refractivity contribution in [2.24, 2.45) is 0 Å². The molecular formula is C10H9F2NO2S. The van der Waals surface area contributed by atoms with Gasteiger partial charge in [0.1, 0.15) is 6.07 Å². The van der Waals surface area contributed by atoms with E-state index in [1.807, 2.05) is 0 Å². The van der Waals surface area contributed by atoms with Crippen LogP contribution >= 0.6 is 0 Å². The number of alkyl halides is 2. The molecule has 0 heterocycles. The number of rotatable bonds is 3. The summed E-state index contributed by atoms with van der Waals surface area (Å²) in [5.74, 6) is -3.69. The largest absolute Gasteiger partial charge is 0.357 e. The lowest BCUT2D eigenvalue weighted by molar-refractivity contribution is 0.0612. The lowest BCUT2D eigenvalue weighted by Gasteiger charge is -2.08. The average molecular weight is 245 g/mol. The van der Waals surface area contributed by atoms with Gasteiger partial charge in [0.25, 0.3) is 0 Å². The van der Waals surface area contributed by atoms with Gasteiger partial charge in [-0.25, -0.2) is 8.42 Å². The second kappa shape index (κ2) is 4.18. The highest BCUT2D eigenvalue weighted by atomic mass is 32.2. The van der Waals surface area contributed by atoms with Gasteiger partial charge in [-0.1, -0.05) is 19.1 Å². The Bertz CT molecular complexity index is 515. The van der Waals surface area contributed by atoms with Crippen molar-refractivity contribution in [1.29, 1.82) is 5.26 Å². The Morgan fingerprint density at radius 3 is 2.19 bits per heavy atom. The van der Waals surface area contributed by atoms with Gasteiger partial charge < -0.3 is 0 Å². The number of hydrogen-bond acceptors (Lipinski definition) is 3. The summed E-state index contributed by atoms with van der Waals surface area (Å²) in [4.78, 5) is -0.0208. The number of hydrogen-bond donors (Lipinski definition) is 0. The maximum absolute atomic E-state index is 12.9. The Hall–Kier alpha value is -1.48. The predicted molar refractivity (Wildman–Crippen MR) is 53.7 cm³/mol. The Morgan fingerprint density at radius 2 is 1.81 bits per heavy atom. The summed E-state index contributed by atoms with van der Waals surface area (Å²) in [6.45, 7) is 1.47. The van der Waals surface area contributed by atoms with Crippen LogP contribution in [-0.4, -0.2) is 14.2 Å². The molecule has 0 aromatic heterocycles. The number of nitrogens with zero attached hydrogens (tertiary/aromatic N) is 1. The minimum atomic E-state index is -3.59. The Labute approximate surface area is 92.2 Å². The highest BCUT2D eigenvalue weighted by Gasteiger charge is 2.31. The molecule has 0 aliphatic carbocycles. The maximum atomic E-state index is 12.9. The third kappa shape index (κ3) is 2.36. The van der Waals surface area contributed by atoms with Crippen molar-refractivity contribution in [3.63, 3.8) is 0 Å². The summed E-state index contributed by atoms with van der Waals surface area (Å²) in [6.07, 6.45) is 0. The van der Waals surface area contributed by atoms with Crippen molar-refractivity contribution >= 4 is 9.84 Å². The van der Waals surface area contributed by atoms with E-state index in [1.165, 1.54) is 6.92 Å². The van der Waals surface area contributed by atoms with E-state index in [2.05, 4.69) is 0 Å². The first kappa shape index (κ1) is 12.6. The fourth-order valence-electron chi connectivity index (χ4n) is 1.10. The van der Waals surface area contributed by atoms with Crippen molar-refractivity contribution < 1.29 is 17.2 Å². The van der Waals surface area contributed by atoms with E-state index in [-0.39, 0.29) is 10.6 Å². The van der Waals surface area contributed by atoms with E-state index in [0.29, 0.717) is 0 Å². The van der Waals surface area contributed by atoms with E-state index in [0.717, 1.165) is 30.3 Å². The standard InChI is InChI=1S/C10H9F2NO2S/c1-2-16(14,15)9-5-3-8(4-6-9)10(11,12)7-13/h3-6H,2H2,1H3. The summed E-state index contributed by atoms with van der Waals surface area (Å²) in [6, 6.07) is 4.91. The van der Waals surface area contributed by atoms with E-state index in [1.54, 1.807) is 0 Å². The highest BCUT2D eigenvalue weighted by molar-refractivity contribution is 7.91. The first-order chi connectivity index (χ1) is 7.33. The summed E-state index contributed by atoms with van der Waals surface area (Å²) < 4.78 is 48.5. The molecule has 1 rings (SSSR count). The smallest absolute Gasteiger partial charge is 0.224 e. The van der Waals surface area contributed by atoms with Crippen LogP contribution in [0.1, 0.15) is 12.5 Å². The zero-order chi connectivity index (χ0) is 12.4. The molecule has 0 radical (unpaired) electrons. The van der Waals surface area contributed by atoms with Crippen LogP contribution in [0, 0.1) is 11.3 Å². The summed E-state index contributed by atoms with van der Waals surface area (Å²) >= 11 is 0. The third-order valence-electron chi connectivity index (χ3n) is 2.10. The van der Waals surface area contributed by atoms with Gasteiger partial charge in [0.15, 0.2) is 9.84 Å². The number of halogens is 2. The van der Waals surface area contributed by atoms with Gasteiger partial charge in [0, 0.05) is 5.56 Å². The maximum Gasteiger partial charge on any atom is 0.357 e. The van der Waals surface area contributed by atoms with Crippen LogP contribution in [-0.2, 0) is 15.8 Å². The van der Waals surface area contributed by atoms with Gasteiger partial charge in [-0.05, 0) is 12.1 Å². The lowest BCUT2D eigenvalue weighted by Crippen LogP contribution is -2.10. The minimum absolute atomic E-state index is 0.0208. The number of nitriles is 1. The second-order valence-electron chi connectivity index (χ2n) is 3.11. The second-order valence-corrected chi connectivity index (χ2v) is 5.39. The van der Waals surface area contributed by atoms with Gasteiger partial charge in [-0.2, -0.15) is 14.0 Å². The zero-order valence-electron chi connectivity index (χ0n) is 8.44. The quantitative estimate of drug-likeness (QED) is 0.819. The minimum Gasteiger partial charge on any atom is -0.224 e. The molecule has 1 aromatic carbocycles. The Balaban J connectivity index is 3.17. The van der Waals surface area contributed by atoms with E-state index in [9.17, 15) is 17.2 Å². The summed E-state index contributed by atoms with van der Waals surface area (Å²) in [5.41, 5.74) is -0.509. The van der Waals surface area contributed by atoms with Crippen LogP contribution in [0.25, 0.3) is 0 Å². The topological polar surface area (TPSA) is 57.9 Å². The molecule has 86 valence electrons. The molecule has 6 heteroatoms. The Kier molecular flexibility index (Phi) is 3.29. The normalized spacial score (nSPS) is 12.1. The molecule has 0 fully saturated rings. The van der Waals surface area contributed by atoms with Crippen LogP contribution < -0.4 is 0 Å². The van der Waals surface area contributed by atoms with E-state index < -0.39 is 21.3 Å². The first-order valence-electron chi connectivity index (χ1n) is 4.46. The van der Waals surface area contributed by atoms with Crippen LogP contribution in [0.2, 0.25) is 0 Å². The Morgan fingerprint density at radius 1 is 1.31 bits per heavy atom. The molecule has 16 heavy (non-hydrogen) atoms. The molecule has 3 nitrogen and oxygen atoms in total. The fourth-order valence-corrected chi connectivity index (χ4v) is 1.99. The predicted octanol–water partition coefficient (Wildman–Crippen LogP) is 2.10. The molecule has 0 saturated heterocycles. The lowest BCUT2D eigenvalue weighted by atomic mass is 10.1. The van der Waals surface area contributed by atoms with Gasteiger partial charge >= 0.3 is 5.92 Å². The SMILES string of the molecule is CCS(=O)(=O)c1ccc(C(F)(F)C#N)cc1. The van der Waals surface area contributed by atoms with Crippen molar-refractivity contribution in [3.05, 3.63) is 29.8 Å². The van der Waals surface area contributed by atoms with Gasteiger partial charge in [0.2, 0.25) is 0 Å². The van der Waals surface area contributed by atoms with E-state index in [4.69, 9.17) is 5.26 Å². The van der Waals surface area contributed by atoms with Crippen molar-refractivity contribution in [3.8, 4) is 6.07 Å². The first-order valence-corrected chi connectivity index (χ1v) is 6.11. The molecule has 0 saturated carbocycles.